The van der Waals surface area contributed by atoms with Crippen LogP contribution < -0.4 is 5.32 Å². The average molecular weight is 343 g/mol. The fraction of sp³-hybridized carbons (Fsp3) is 0.250. The van der Waals surface area contributed by atoms with Gasteiger partial charge in [-0.3, -0.25) is 4.79 Å². The fourth-order valence-corrected chi connectivity index (χ4v) is 3.00. The van der Waals surface area contributed by atoms with Crippen molar-refractivity contribution in [2.45, 2.75) is 19.3 Å². The second-order valence-corrected chi connectivity index (χ2v) is 6.23. The first-order valence-electron chi connectivity index (χ1n) is 7.69. The standard InChI is InChI=1S/C16H15ClN6O/c17-11-2-4-13(5-3-11)23-9-12(8-18-23)19-16(24)10-1-6-14-15(7-10)21-22-20-14/h2-5,8-10H,1,6-7H2,(H,19,24)(H,20,21,22)/t10-/m0/s1. The molecule has 24 heavy (non-hydrogen) atoms. The summed E-state index contributed by atoms with van der Waals surface area (Å²) in [5.41, 5.74) is 3.40. The van der Waals surface area contributed by atoms with Crippen LogP contribution in [0.2, 0.25) is 5.02 Å². The number of carbonyl (C=O) groups excluding carboxylic acids is 1. The van der Waals surface area contributed by atoms with Crippen molar-refractivity contribution in [3.63, 3.8) is 0 Å². The normalized spacial score (nSPS) is 16.6. The predicted molar refractivity (Wildman–Crippen MR) is 89.1 cm³/mol. The van der Waals surface area contributed by atoms with Gasteiger partial charge >= 0.3 is 0 Å². The van der Waals surface area contributed by atoms with Crippen LogP contribution in [0.3, 0.4) is 0 Å². The SMILES string of the molecule is O=C(Nc1cnn(-c2ccc(Cl)cc2)c1)[C@H]1CCc2n[nH]nc2C1. The molecule has 0 radical (unpaired) electrons. The van der Waals surface area contributed by atoms with Crippen LogP contribution in [-0.4, -0.2) is 31.1 Å². The third kappa shape index (κ3) is 2.90. The first-order valence-corrected chi connectivity index (χ1v) is 8.07. The number of anilines is 1. The Bertz CT molecular complexity index is 869. The smallest absolute Gasteiger partial charge is 0.227 e. The molecular weight excluding hydrogens is 328 g/mol. The van der Waals surface area contributed by atoms with Crippen LogP contribution in [0.5, 0.6) is 0 Å². The van der Waals surface area contributed by atoms with Gasteiger partial charge in [0.25, 0.3) is 0 Å². The summed E-state index contributed by atoms with van der Waals surface area (Å²) >= 11 is 5.89. The number of fused-ring (bicyclic) bond motifs is 1. The highest BCUT2D eigenvalue weighted by atomic mass is 35.5. The van der Waals surface area contributed by atoms with Crippen LogP contribution in [0.1, 0.15) is 17.8 Å². The minimum absolute atomic E-state index is 0.0145. The van der Waals surface area contributed by atoms with Crippen LogP contribution >= 0.6 is 11.6 Å². The Morgan fingerprint density at radius 3 is 2.88 bits per heavy atom. The Kier molecular flexibility index (Phi) is 3.78. The summed E-state index contributed by atoms with van der Waals surface area (Å²) in [6.07, 6.45) is 5.58. The molecule has 2 aromatic heterocycles. The zero-order valence-corrected chi connectivity index (χ0v) is 13.5. The largest absolute Gasteiger partial charge is 0.323 e. The molecule has 0 unspecified atom stereocenters. The number of amides is 1. The van der Waals surface area contributed by atoms with E-state index in [4.69, 9.17) is 11.6 Å². The number of rotatable bonds is 3. The minimum atomic E-state index is -0.0959. The van der Waals surface area contributed by atoms with E-state index in [0.717, 1.165) is 29.9 Å². The zero-order chi connectivity index (χ0) is 16.5. The lowest BCUT2D eigenvalue weighted by Crippen LogP contribution is -2.28. The van der Waals surface area contributed by atoms with Crippen molar-refractivity contribution in [2.24, 2.45) is 5.92 Å². The van der Waals surface area contributed by atoms with Gasteiger partial charge in [-0.1, -0.05) is 11.6 Å². The highest BCUT2D eigenvalue weighted by Crippen LogP contribution is 2.24. The van der Waals surface area contributed by atoms with Gasteiger partial charge in [0.1, 0.15) is 0 Å². The van der Waals surface area contributed by atoms with Gasteiger partial charge < -0.3 is 5.32 Å². The van der Waals surface area contributed by atoms with Crippen molar-refractivity contribution in [3.05, 3.63) is 53.1 Å². The van der Waals surface area contributed by atoms with Crippen LogP contribution in [0.25, 0.3) is 5.69 Å². The number of hydrogen-bond acceptors (Lipinski definition) is 4. The van der Waals surface area contributed by atoms with Gasteiger partial charge in [-0.25, -0.2) is 4.68 Å². The number of nitrogens with zero attached hydrogens (tertiary/aromatic N) is 4. The number of carbonyl (C=O) groups is 1. The summed E-state index contributed by atoms with van der Waals surface area (Å²) in [6.45, 7) is 0. The number of halogens is 1. The summed E-state index contributed by atoms with van der Waals surface area (Å²) in [6, 6.07) is 7.34. The van der Waals surface area contributed by atoms with Crippen LogP contribution in [-0.2, 0) is 17.6 Å². The molecule has 1 atom stereocenters. The Morgan fingerprint density at radius 1 is 1.25 bits per heavy atom. The van der Waals surface area contributed by atoms with Gasteiger partial charge in [-0.05, 0) is 37.1 Å². The molecular formula is C16H15ClN6O. The molecule has 1 amide bonds. The minimum Gasteiger partial charge on any atom is -0.323 e. The van der Waals surface area contributed by atoms with E-state index in [9.17, 15) is 4.79 Å². The van der Waals surface area contributed by atoms with Crippen molar-refractivity contribution in [1.29, 1.82) is 0 Å². The second kappa shape index (κ2) is 6.09. The van der Waals surface area contributed by atoms with Crippen molar-refractivity contribution in [1.82, 2.24) is 25.2 Å². The topological polar surface area (TPSA) is 88.5 Å². The molecule has 8 heteroatoms. The summed E-state index contributed by atoms with van der Waals surface area (Å²) in [7, 11) is 0. The molecule has 7 nitrogen and oxygen atoms in total. The molecule has 2 heterocycles. The maximum Gasteiger partial charge on any atom is 0.227 e. The lowest BCUT2D eigenvalue weighted by molar-refractivity contribution is -0.120. The third-order valence-electron chi connectivity index (χ3n) is 4.18. The van der Waals surface area contributed by atoms with E-state index in [-0.39, 0.29) is 11.8 Å². The lowest BCUT2D eigenvalue weighted by atomic mass is 9.89. The highest BCUT2D eigenvalue weighted by molar-refractivity contribution is 6.30. The number of H-pyrrole nitrogens is 1. The highest BCUT2D eigenvalue weighted by Gasteiger charge is 2.27. The van der Waals surface area contributed by atoms with E-state index < -0.39 is 0 Å². The van der Waals surface area contributed by atoms with Gasteiger partial charge in [0, 0.05) is 17.4 Å². The molecule has 1 aliphatic carbocycles. The van der Waals surface area contributed by atoms with Crippen molar-refractivity contribution < 1.29 is 4.79 Å². The van der Waals surface area contributed by atoms with Gasteiger partial charge in [0.15, 0.2) is 0 Å². The van der Waals surface area contributed by atoms with E-state index in [2.05, 4.69) is 25.8 Å². The molecule has 0 spiro atoms. The van der Waals surface area contributed by atoms with Gasteiger partial charge in [-0.15, -0.1) is 0 Å². The molecule has 3 aromatic rings. The summed E-state index contributed by atoms with van der Waals surface area (Å²) < 4.78 is 1.70. The number of aromatic amines is 1. The molecule has 0 aliphatic heterocycles. The first kappa shape index (κ1) is 14.9. The quantitative estimate of drug-likeness (QED) is 0.765. The van der Waals surface area contributed by atoms with Crippen molar-refractivity contribution >= 4 is 23.2 Å². The predicted octanol–water partition coefficient (Wildman–Crippen LogP) is 2.39. The summed E-state index contributed by atoms with van der Waals surface area (Å²) in [5.74, 6) is -0.110. The Hall–Kier alpha value is -2.67. The van der Waals surface area contributed by atoms with E-state index >= 15 is 0 Å². The number of benzene rings is 1. The van der Waals surface area contributed by atoms with Crippen molar-refractivity contribution in [2.75, 3.05) is 5.32 Å². The number of hydrogen-bond donors (Lipinski definition) is 2. The molecule has 0 bridgehead atoms. The summed E-state index contributed by atoms with van der Waals surface area (Å²) in [4.78, 5) is 12.5. The van der Waals surface area contributed by atoms with Crippen molar-refractivity contribution in [3.8, 4) is 5.69 Å². The van der Waals surface area contributed by atoms with Crippen LogP contribution in [0.4, 0.5) is 5.69 Å². The molecule has 0 saturated carbocycles. The monoisotopic (exact) mass is 342 g/mol. The van der Waals surface area contributed by atoms with E-state index in [0.29, 0.717) is 17.1 Å². The molecule has 122 valence electrons. The Balaban J connectivity index is 1.44. The zero-order valence-electron chi connectivity index (χ0n) is 12.7. The first-order chi connectivity index (χ1) is 11.7. The number of aromatic nitrogens is 5. The van der Waals surface area contributed by atoms with Gasteiger partial charge in [0.2, 0.25) is 5.91 Å². The molecule has 4 rings (SSSR count). The fourth-order valence-electron chi connectivity index (χ4n) is 2.88. The maximum atomic E-state index is 12.5. The molecule has 1 aromatic carbocycles. The average Bonchev–Trinajstić information content (AvgIpc) is 3.24. The molecule has 0 saturated heterocycles. The van der Waals surface area contributed by atoms with Crippen LogP contribution in [0, 0.1) is 5.92 Å². The number of nitrogens with one attached hydrogen (secondary N) is 2. The summed E-state index contributed by atoms with van der Waals surface area (Å²) in [5, 5.41) is 18.7. The molecule has 1 aliphatic rings. The van der Waals surface area contributed by atoms with Gasteiger partial charge in [-0.2, -0.15) is 20.5 Å². The Morgan fingerprint density at radius 2 is 2.04 bits per heavy atom. The number of aryl methyl sites for hydroxylation is 1. The van der Waals surface area contributed by atoms with Gasteiger partial charge in [0.05, 0.1) is 35.2 Å². The van der Waals surface area contributed by atoms with E-state index in [1.165, 1.54) is 0 Å². The lowest BCUT2D eigenvalue weighted by Gasteiger charge is -2.19. The second-order valence-electron chi connectivity index (χ2n) is 5.80. The van der Waals surface area contributed by atoms with Crippen LogP contribution in [0.15, 0.2) is 36.7 Å². The Labute approximate surface area is 143 Å². The third-order valence-corrected chi connectivity index (χ3v) is 4.44. The maximum absolute atomic E-state index is 12.5. The molecule has 0 fully saturated rings. The van der Waals surface area contributed by atoms with E-state index in [1.807, 2.05) is 12.1 Å². The van der Waals surface area contributed by atoms with E-state index in [1.54, 1.807) is 29.2 Å². The molecule has 2 N–H and O–H groups in total.